The van der Waals surface area contributed by atoms with Crippen molar-refractivity contribution in [2.45, 2.75) is 20.3 Å². The first kappa shape index (κ1) is 16.1. The van der Waals surface area contributed by atoms with Gasteiger partial charge in [-0.1, -0.05) is 39.7 Å². The van der Waals surface area contributed by atoms with Gasteiger partial charge < -0.3 is 9.15 Å². The van der Waals surface area contributed by atoms with E-state index >= 15 is 0 Å². The van der Waals surface area contributed by atoms with Crippen LogP contribution in [0.1, 0.15) is 16.7 Å². The Morgan fingerprint density at radius 3 is 2.78 bits per heavy atom. The van der Waals surface area contributed by atoms with Gasteiger partial charge in [-0.05, 0) is 43.2 Å². The topological polar surface area (TPSA) is 39.4 Å². The van der Waals surface area contributed by atoms with E-state index in [1.165, 1.54) is 0 Å². The first-order chi connectivity index (χ1) is 10.9. The van der Waals surface area contributed by atoms with Crippen molar-refractivity contribution in [3.05, 3.63) is 62.8 Å². The number of aryl methyl sites for hydroxylation is 2. The van der Waals surface area contributed by atoms with Gasteiger partial charge in [0.25, 0.3) is 0 Å². The third-order valence-electron chi connectivity index (χ3n) is 3.56. The van der Waals surface area contributed by atoms with Crippen molar-refractivity contribution < 1.29 is 13.9 Å². The van der Waals surface area contributed by atoms with Gasteiger partial charge in [0.05, 0.1) is 17.7 Å². The molecule has 0 amide bonds. The molecule has 0 unspecified atom stereocenters. The van der Waals surface area contributed by atoms with Crippen molar-refractivity contribution in [2.24, 2.45) is 0 Å². The number of ether oxygens (including phenoxy) is 1. The van der Waals surface area contributed by atoms with Gasteiger partial charge in [-0.15, -0.1) is 0 Å². The summed E-state index contributed by atoms with van der Waals surface area (Å²) in [5.74, 6) is 0.0177. The number of carbonyl (C=O) groups excluding carboxylic acids is 1. The van der Waals surface area contributed by atoms with Gasteiger partial charge in [0.15, 0.2) is 5.75 Å². The molecule has 0 spiro atoms. The molecule has 0 aliphatic heterocycles. The fraction of sp³-hybridized carbons (Fsp3) is 0.167. The molecule has 0 atom stereocenters. The molecule has 2 aromatic carbocycles. The van der Waals surface area contributed by atoms with E-state index in [1.807, 2.05) is 38.1 Å². The van der Waals surface area contributed by atoms with E-state index in [9.17, 15) is 4.79 Å². The molecule has 0 saturated carbocycles. The number of esters is 1. The van der Waals surface area contributed by atoms with Gasteiger partial charge in [0.2, 0.25) is 0 Å². The van der Waals surface area contributed by atoms with Gasteiger partial charge in [0.1, 0.15) is 5.58 Å². The van der Waals surface area contributed by atoms with Crippen LogP contribution in [0.4, 0.5) is 0 Å². The lowest BCUT2D eigenvalue weighted by atomic mass is 10.1. The van der Waals surface area contributed by atoms with E-state index in [-0.39, 0.29) is 12.4 Å². The summed E-state index contributed by atoms with van der Waals surface area (Å²) in [6.45, 7) is 3.84. The minimum absolute atomic E-state index is 0.127. The Balaban J connectivity index is 1.82. The van der Waals surface area contributed by atoms with Gasteiger partial charge in [0, 0.05) is 15.4 Å². The lowest BCUT2D eigenvalue weighted by molar-refractivity contribution is -0.133. The van der Waals surface area contributed by atoms with Crippen molar-refractivity contribution in [3.8, 4) is 5.75 Å². The molecule has 0 radical (unpaired) electrons. The number of carbonyl (C=O) groups is 1. The molecule has 3 aromatic rings. The molecule has 5 heteroatoms. The summed E-state index contributed by atoms with van der Waals surface area (Å²) >= 11 is 9.50. The van der Waals surface area contributed by atoms with Crippen LogP contribution >= 0.6 is 27.5 Å². The zero-order valence-electron chi connectivity index (χ0n) is 12.7. The summed E-state index contributed by atoms with van der Waals surface area (Å²) in [4.78, 5) is 12.2. The van der Waals surface area contributed by atoms with Crippen molar-refractivity contribution in [1.29, 1.82) is 0 Å². The van der Waals surface area contributed by atoms with Crippen LogP contribution in [-0.2, 0) is 11.2 Å². The van der Waals surface area contributed by atoms with Crippen molar-refractivity contribution >= 4 is 44.5 Å². The highest BCUT2D eigenvalue weighted by molar-refractivity contribution is 9.10. The fourth-order valence-electron chi connectivity index (χ4n) is 2.45. The van der Waals surface area contributed by atoms with Gasteiger partial charge >= 0.3 is 5.97 Å². The second-order valence-electron chi connectivity index (χ2n) is 5.45. The molecule has 0 fully saturated rings. The number of fused-ring (bicyclic) bond motifs is 1. The van der Waals surface area contributed by atoms with Crippen molar-refractivity contribution in [2.75, 3.05) is 0 Å². The summed E-state index contributed by atoms with van der Waals surface area (Å²) in [6, 6.07) is 9.44. The fourth-order valence-corrected chi connectivity index (χ4v) is 3.46. The Hall–Kier alpha value is -1.78. The summed E-state index contributed by atoms with van der Waals surface area (Å²) in [6.07, 6.45) is 1.73. The summed E-state index contributed by atoms with van der Waals surface area (Å²) in [5.41, 5.74) is 3.48. The lowest BCUT2D eigenvalue weighted by Gasteiger charge is -2.09. The number of hydrogen-bond donors (Lipinski definition) is 0. The highest BCUT2D eigenvalue weighted by atomic mass is 79.9. The second-order valence-corrected chi connectivity index (χ2v) is 6.77. The highest BCUT2D eigenvalue weighted by Crippen LogP contribution is 2.32. The summed E-state index contributed by atoms with van der Waals surface area (Å²) in [7, 11) is 0. The number of furan rings is 1. The normalized spacial score (nSPS) is 11.0. The lowest BCUT2D eigenvalue weighted by Crippen LogP contribution is -2.12. The predicted octanol–water partition coefficient (Wildman–Crippen LogP) is 5.61. The number of hydrogen-bond acceptors (Lipinski definition) is 3. The Morgan fingerprint density at radius 1 is 1.26 bits per heavy atom. The Bertz CT molecular complexity index is 875. The third kappa shape index (κ3) is 3.43. The monoisotopic (exact) mass is 392 g/mol. The number of benzene rings is 2. The molecular weight excluding hydrogens is 380 g/mol. The molecule has 118 valence electrons. The van der Waals surface area contributed by atoms with Crippen LogP contribution in [0.15, 0.2) is 45.5 Å². The van der Waals surface area contributed by atoms with Crippen LogP contribution in [0, 0.1) is 13.8 Å². The quantitative estimate of drug-likeness (QED) is 0.428. The number of halogens is 2. The summed E-state index contributed by atoms with van der Waals surface area (Å²) in [5, 5.41) is 1.32. The average molecular weight is 394 g/mol. The van der Waals surface area contributed by atoms with E-state index < -0.39 is 0 Å². The maximum atomic E-state index is 12.2. The predicted molar refractivity (Wildman–Crippen MR) is 94.2 cm³/mol. The average Bonchev–Trinajstić information content (AvgIpc) is 2.85. The largest absolute Gasteiger partial charge is 0.464 e. The molecule has 0 aliphatic carbocycles. The summed E-state index contributed by atoms with van der Waals surface area (Å²) < 4.78 is 11.8. The molecule has 1 aromatic heterocycles. The van der Waals surface area contributed by atoms with Gasteiger partial charge in [-0.2, -0.15) is 0 Å². The van der Waals surface area contributed by atoms with Gasteiger partial charge in [-0.25, -0.2) is 0 Å². The van der Waals surface area contributed by atoms with Crippen LogP contribution in [0.5, 0.6) is 5.75 Å². The van der Waals surface area contributed by atoms with Crippen molar-refractivity contribution in [3.63, 3.8) is 0 Å². The van der Waals surface area contributed by atoms with Crippen LogP contribution in [-0.4, -0.2) is 5.97 Å². The van der Waals surface area contributed by atoms with E-state index in [2.05, 4.69) is 15.9 Å². The van der Waals surface area contributed by atoms with Crippen LogP contribution in [0.2, 0.25) is 5.02 Å². The molecule has 0 N–H and O–H groups in total. The van der Waals surface area contributed by atoms with E-state index in [1.54, 1.807) is 12.3 Å². The second kappa shape index (κ2) is 6.38. The van der Waals surface area contributed by atoms with E-state index in [0.29, 0.717) is 10.8 Å². The number of rotatable bonds is 3. The van der Waals surface area contributed by atoms with Crippen molar-refractivity contribution in [1.82, 2.24) is 0 Å². The smallest absolute Gasteiger partial charge is 0.315 e. The zero-order valence-corrected chi connectivity index (χ0v) is 15.0. The standard InChI is InChI=1S/C18H14BrClO3/c1-10-3-4-14-12(9-22-16(14)5-10)7-17(21)23-18-11(2)6-13(19)8-15(18)20/h3-6,8-9H,7H2,1-2H3. The first-order valence-corrected chi connectivity index (χ1v) is 8.24. The maximum Gasteiger partial charge on any atom is 0.315 e. The minimum Gasteiger partial charge on any atom is -0.464 e. The Morgan fingerprint density at radius 2 is 2.04 bits per heavy atom. The van der Waals surface area contributed by atoms with Gasteiger partial charge in [-0.3, -0.25) is 4.79 Å². The molecule has 0 aliphatic rings. The third-order valence-corrected chi connectivity index (χ3v) is 4.29. The first-order valence-electron chi connectivity index (χ1n) is 7.07. The van der Waals surface area contributed by atoms with Crippen LogP contribution in [0.3, 0.4) is 0 Å². The molecule has 1 heterocycles. The molecule has 3 nitrogen and oxygen atoms in total. The molecule has 0 bridgehead atoms. The minimum atomic E-state index is -0.374. The molecule has 23 heavy (non-hydrogen) atoms. The van der Waals surface area contributed by atoms with Crippen LogP contribution in [0.25, 0.3) is 11.0 Å². The molecule has 3 rings (SSSR count). The van der Waals surface area contributed by atoms with E-state index in [4.69, 9.17) is 20.8 Å². The maximum absolute atomic E-state index is 12.2. The van der Waals surface area contributed by atoms with Crippen LogP contribution < -0.4 is 4.74 Å². The Labute approximate surface area is 147 Å². The molecular formula is C18H14BrClO3. The molecule has 0 saturated heterocycles. The zero-order chi connectivity index (χ0) is 16.6. The van der Waals surface area contributed by atoms with E-state index in [0.717, 1.165) is 32.1 Å². The highest BCUT2D eigenvalue weighted by Gasteiger charge is 2.15. The SMILES string of the molecule is Cc1ccc2c(CC(=O)Oc3c(C)cc(Br)cc3Cl)coc2c1. The Kier molecular flexibility index (Phi) is 4.46.